The molecule has 128 valence electrons. The third-order valence-electron chi connectivity index (χ3n) is 3.55. The van der Waals surface area contributed by atoms with Crippen molar-refractivity contribution in [1.29, 1.82) is 0 Å². The lowest BCUT2D eigenvalue weighted by Gasteiger charge is -2.07. The van der Waals surface area contributed by atoms with E-state index in [1.165, 1.54) is 0 Å². The number of aromatic amines is 1. The van der Waals surface area contributed by atoms with Crippen molar-refractivity contribution in [3.63, 3.8) is 0 Å². The Morgan fingerprint density at radius 2 is 1.88 bits per heavy atom. The normalized spacial score (nSPS) is 10.6. The largest absolute Gasteiger partial charge is 0.451 e. The van der Waals surface area contributed by atoms with E-state index in [0.717, 1.165) is 15.8 Å². The van der Waals surface area contributed by atoms with Gasteiger partial charge in [-0.1, -0.05) is 29.8 Å². The van der Waals surface area contributed by atoms with Gasteiger partial charge in [0.05, 0.1) is 5.02 Å². The van der Waals surface area contributed by atoms with Gasteiger partial charge in [-0.3, -0.25) is 4.79 Å². The summed E-state index contributed by atoms with van der Waals surface area (Å²) in [4.78, 5) is 28.1. The summed E-state index contributed by atoms with van der Waals surface area (Å²) in [6.45, 7) is -0.394. The molecule has 0 aliphatic carbocycles. The second-order valence-corrected chi connectivity index (χ2v) is 6.47. The van der Waals surface area contributed by atoms with Crippen molar-refractivity contribution in [2.75, 3.05) is 18.2 Å². The first-order valence-corrected chi connectivity index (χ1v) is 9.06. The Balaban J connectivity index is 1.60. The number of anilines is 1. The van der Waals surface area contributed by atoms with Crippen LogP contribution in [0.25, 0.3) is 10.9 Å². The fraction of sp³-hybridized carbons (Fsp3) is 0.111. The van der Waals surface area contributed by atoms with E-state index in [9.17, 15) is 9.59 Å². The maximum atomic E-state index is 12.2. The van der Waals surface area contributed by atoms with Crippen LogP contribution in [-0.4, -0.2) is 29.7 Å². The number of carbonyl (C=O) groups excluding carboxylic acids is 2. The Morgan fingerprint density at radius 3 is 2.56 bits per heavy atom. The van der Waals surface area contributed by atoms with Crippen LogP contribution in [0, 0.1) is 0 Å². The molecule has 0 aliphatic rings. The molecule has 1 amide bonds. The molecular formula is C18H15ClN2O3S. The van der Waals surface area contributed by atoms with Crippen LogP contribution in [0.15, 0.2) is 53.4 Å². The van der Waals surface area contributed by atoms with Gasteiger partial charge in [0.1, 0.15) is 5.69 Å². The molecule has 0 spiro atoms. The predicted octanol–water partition coefficient (Wildman–Crippen LogP) is 4.34. The van der Waals surface area contributed by atoms with E-state index in [-0.39, 0.29) is 10.7 Å². The summed E-state index contributed by atoms with van der Waals surface area (Å²) in [5.74, 6) is -1.09. The van der Waals surface area contributed by atoms with Gasteiger partial charge in [-0.15, -0.1) is 11.8 Å². The molecule has 0 saturated carbocycles. The molecule has 0 radical (unpaired) electrons. The second-order valence-electron chi connectivity index (χ2n) is 5.21. The lowest BCUT2D eigenvalue weighted by atomic mass is 10.2. The first-order valence-electron chi connectivity index (χ1n) is 7.45. The van der Waals surface area contributed by atoms with Crippen LogP contribution in [0.4, 0.5) is 5.69 Å². The van der Waals surface area contributed by atoms with Crippen LogP contribution >= 0.6 is 23.4 Å². The van der Waals surface area contributed by atoms with Crippen LogP contribution in [0.2, 0.25) is 5.02 Å². The van der Waals surface area contributed by atoms with E-state index in [0.29, 0.717) is 5.69 Å². The minimum Gasteiger partial charge on any atom is -0.451 e. The molecule has 0 aliphatic heterocycles. The standard InChI is InChI=1S/C18H15ClN2O3S/c1-25-12-8-6-11(7-9-12)20-15(22)10-24-18(23)17-16(19)13-4-2-3-5-14(13)21-17/h2-9,21H,10H2,1H3,(H,20,22). The highest BCUT2D eigenvalue weighted by atomic mass is 35.5. The number of fused-ring (bicyclic) bond motifs is 1. The summed E-state index contributed by atoms with van der Waals surface area (Å²) in [6.07, 6.45) is 1.97. The molecule has 1 aromatic heterocycles. The summed E-state index contributed by atoms with van der Waals surface area (Å²) in [6, 6.07) is 14.7. The Labute approximate surface area is 153 Å². The molecule has 0 unspecified atom stereocenters. The van der Waals surface area contributed by atoms with Gasteiger partial charge in [-0.25, -0.2) is 4.79 Å². The maximum absolute atomic E-state index is 12.2. The smallest absolute Gasteiger partial charge is 0.356 e. The molecule has 25 heavy (non-hydrogen) atoms. The number of nitrogens with one attached hydrogen (secondary N) is 2. The third-order valence-corrected chi connectivity index (χ3v) is 4.69. The number of halogens is 1. The maximum Gasteiger partial charge on any atom is 0.356 e. The number of benzene rings is 2. The molecule has 7 heteroatoms. The van der Waals surface area contributed by atoms with E-state index in [2.05, 4.69) is 10.3 Å². The molecule has 5 nitrogen and oxygen atoms in total. The van der Waals surface area contributed by atoms with Crippen molar-refractivity contribution < 1.29 is 14.3 Å². The molecular weight excluding hydrogens is 360 g/mol. The zero-order valence-electron chi connectivity index (χ0n) is 13.3. The quantitative estimate of drug-likeness (QED) is 0.514. The number of hydrogen-bond acceptors (Lipinski definition) is 4. The van der Waals surface area contributed by atoms with E-state index in [4.69, 9.17) is 16.3 Å². The van der Waals surface area contributed by atoms with Crippen LogP contribution in [-0.2, 0) is 9.53 Å². The fourth-order valence-corrected chi connectivity index (χ4v) is 3.02. The van der Waals surface area contributed by atoms with E-state index < -0.39 is 18.5 Å². The average molecular weight is 375 g/mol. The number of rotatable bonds is 5. The Kier molecular flexibility index (Phi) is 5.31. The van der Waals surface area contributed by atoms with E-state index >= 15 is 0 Å². The Morgan fingerprint density at radius 1 is 1.16 bits per heavy atom. The molecule has 0 saturated heterocycles. The Hall–Kier alpha value is -2.44. The topological polar surface area (TPSA) is 71.2 Å². The van der Waals surface area contributed by atoms with Crippen molar-refractivity contribution >= 4 is 51.8 Å². The van der Waals surface area contributed by atoms with Gasteiger partial charge < -0.3 is 15.0 Å². The van der Waals surface area contributed by atoms with Crippen LogP contribution in [0.3, 0.4) is 0 Å². The zero-order valence-corrected chi connectivity index (χ0v) is 14.9. The highest BCUT2D eigenvalue weighted by molar-refractivity contribution is 7.98. The number of carbonyl (C=O) groups is 2. The van der Waals surface area contributed by atoms with Crippen LogP contribution in [0.1, 0.15) is 10.5 Å². The monoisotopic (exact) mass is 374 g/mol. The number of para-hydroxylation sites is 1. The number of ether oxygens (including phenoxy) is 1. The van der Waals surface area contributed by atoms with Gasteiger partial charge in [-0.05, 0) is 36.6 Å². The molecule has 2 N–H and O–H groups in total. The lowest BCUT2D eigenvalue weighted by molar-refractivity contribution is -0.119. The number of esters is 1. The molecule has 0 bridgehead atoms. The zero-order chi connectivity index (χ0) is 17.8. The van der Waals surface area contributed by atoms with Crippen LogP contribution < -0.4 is 5.32 Å². The molecule has 2 aromatic carbocycles. The van der Waals surface area contributed by atoms with E-state index in [1.807, 2.05) is 36.6 Å². The molecule has 1 heterocycles. The van der Waals surface area contributed by atoms with Crippen molar-refractivity contribution in [1.82, 2.24) is 4.98 Å². The highest BCUT2D eigenvalue weighted by Gasteiger charge is 2.18. The van der Waals surface area contributed by atoms with E-state index in [1.54, 1.807) is 30.0 Å². The van der Waals surface area contributed by atoms with Crippen LogP contribution in [0.5, 0.6) is 0 Å². The van der Waals surface area contributed by atoms with Gasteiger partial charge in [0.15, 0.2) is 6.61 Å². The Bertz CT molecular complexity index is 922. The van der Waals surface area contributed by atoms with Gasteiger partial charge in [0.2, 0.25) is 0 Å². The fourth-order valence-electron chi connectivity index (χ4n) is 2.32. The number of hydrogen-bond donors (Lipinski definition) is 2. The van der Waals surface area contributed by atoms with Gasteiger partial charge in [0, 0.05) is 21.5 Å². The van der Waals surface area contributed by atoms with Crippen molar-refractivity contribution in [2.24, 2.45) is 0 Å². The minimum absolute atomic E-state index is 0.139. The predicted molar refractivity (Wildman–Crippen MR) is 100 cm³/mol. The molecule has 3 rings (SSSR count). The molecule has 0 fully saturated rings. The lowest BCUT2D eigenvalue weighted by Crippen LogP contribution is -2.21. The first kappa shape index (κ1) is 17.4. The average Bonchev–Trinajstić information content (AvgIpc) is 2.97. The summed E-state index contributed by atoms with van der Waals surface area (Å²) in [7, 11) is 0. The van der Waals surface area contributed by atoms with Crippen molar-refractivity contribution in [2.45, 2.75) is 4.90 Å². The second kappa shape index (κ2) is 7.63. The van der Waals surface area contributed by atoms with Gasteiger partial charge in [0.25, 0.3) is 5.91 Å². The third kappa shape index (κ3) is 3.97. The number of aromatic nitrogens is 1. The summed E-state index contributed by atoms with van der Waals surface area (Å²) in [5.41, 5.74) is 1.51. The number of H-pyrrole nitrogens is 1. The van der Waals surface area contributed by atoms with Gasteiger partial charge >= 0.3 is 5.97 Å². The summed E-state index contributed by atoms with van der Waals surface area (Å²) in [5, 5.41) is 3.69. The SMILES string of the molecule is CSc1ccc(NC(=O)COC(=O)c2[nH]c3ccccc3c2Cl)cc1. The minimum atomic E-state index is -0.672. The molecule has 3 aromatic rings. The number of thioether (sulfide) groups is 1. The number of amides is 1. The molecule has 0 atom stereocenters. The van der Waals surface area contributed by atoms with Gasteiger partial charge in [-0.2, -0.15) is 0 Å². The van der Waals surface area contributed by atoms with Crippen molar-refractivity contribution in [3.8, 4) is 0 Å². The van der Waals surface area contributed by atoms with Crippen molar-refractivity contribution in [3.05, 3.63) is 59.2 Å². The first-order chi connectivity index (χ1) is 12.1. The summed E-state index contributed by atoms with van der Waals surface area (Å²) >= 11 is 7.80. The summed E-state index contributed by atoms with van der Waals surface area (Å²) < 4.78 is 5.05. The highest BCUT2D eigenvalue weighted by Crippen LogP contribution is 2.27.